The van der Waals surface area contributed by atoms with Gasteiger partial charge in [0, 0.05) is 131 Å². The van der Waals surface area contributed by atoms with Crippen LogP contribution in [-0.4, -0.2) is 13.7 Å². The van der Waals surface area contributed by atoms with Gasteiger partial charge in [-0.05, 0) is 213 Å². The molecular formula is C140H90N6O3. The summed E-state index contributed by atoms with van der Waals surface area (Å²) in [7, 11) is 0. The molecule has 0 fully saturated rings. The predicted molar refractivity (Wildman–Crippen MR) is 627 cm³/mol. The maximum absolute atomic E-state index is 6.90. The zero-order valence-corrected chi connectivity index (χ0v) is 80.9. The van der Waals surface area contributed by atoms with E-state index in [0.29, 0.717) is 0 Å². The topological polar surface area (TPSA) is 63.9 Å². The molecule has 0 amide bonds. The molecule has 0 spiro atoms. The van der Waals surface area contributed by atoms with E-state index in [1.807, 2.05) is 0 Å². The molecule has 0 bridgehead atoms. The van der Waals surface area contributed by atoms with E-state index >= 15 is 0 Å². The molecule has 0 radical (unpaired) electrons. The minimum absolute atomic E-state index is 0.868. The van der Waals surface area contributed by atoms with Crippen LogP contribution < -0.4 is 14.7 Å². The molecular weight excluding hydrogens is 1810 g/mol. The molecule has 6 heterocycles. The summed E-state index contributed by atoms with van der Waals surface area (Å²) in [5.41, 5.74) is 30.1. The van der Waals surface area contributed by atoms with Crippen LogP contribution in [0.1, 0.15) is 0 Å². The Morgan fingerprint density at radius 3 is 0.732 bits per heavy atom. The number of benzene rings is 25. The second-order valence-electron chi connectivity index (χ2n) is 38.4. The molecule has 0 unspecified atom stereocenters. The van der Waals surface area contributed by atoms with Gasteiger partial charge in [-0.2, -0.15) is 0 Å². The second-order valence-corrected chi connectivity index (χ2v) is 38.4. The van der Waals surface area contributed by atoms with Gasteiger partial charge in [-0.25, -0.2) is 0 Å². The van der Waals surface area contributed by atoms with Crippen molar-refractivity contribution in [2.75, 3.05) is 14.7 Å². The highest BCUT2D eigenvalue weighted by Crippen LogP contribution is 2.52. The summed E-state index contributed by atoms with van der Waals surface area (Å²) in [6.45, 7) is 0. The van der Waals surface area contributed by atoms with Crippen LogP contribution in [0.4, 0.5) is 51.2 Å². The van der Waals surface area contributed by atoms with Crippen molar-refractivity contribution in [3.63, 3.8) is 0 Å². The highest BCUT2D eigenvalue weighted by atomic mass is 16.3. The summed E-state index contributed by atoms with van der Waals surface area (Å²) in [6.07, 6.45) is 0. The maximum Gasteiger partial charge on any atom is 0.159 e. The fourth-order valence-corrected chi connectivity index (χ4v) is 23.3. The van der Waals surface area contributed by atoms with E-state index in [4.69, 9.17) is 13.3 Å². The summed E-state index contributed by atoms with van der Waals surface area (Å²) in [4.78, 5) is 7.04. The van der Waals surface area contributed by atoms with Gasteiger partial charge in [0.05, 0.1) is 61.5 Å². The van der Waals surface area contributed by atoms with E-state index in [0.717, 1.165) is 156 Å². The number of para-hydroxylation sites is 9. The largest absolute Gasteiger partial charge is 0.453 e. The van der Waals surface area contributed by atoms with Crippen LogP contribution in [0.5, 0.6) is 0 Å². The van der Waals surface area contributed by atoms with Crippen LogP contribution in [0.2, 0.25) is 0 Å². The lowest BCUT2D eigenvalue weighted by atomic mass is 10.0. The highest BCUT2D eigenvalue weighted by Gasteiger charge is 2.29. The molecule has 25 aromatic carbocycles. The third-order valence-electron chi connectivity index (χ3n) is 30.1. The van der Waals surface area contributed by atoms with Crippen molar-refractivity contribution in [2.24, 2.45) is 0 Å². The van der Waals surface area contributed by atoms with E-state index in [2.05, 4.69) is 574 Å². The Hall–Kier alpha value is -20.0. The first kappa shape index (κ1) is 85.7. The van der Waals surface area contributed by atoms with Crippen molar-refractivity contribution in [3.05, 3.63) is 546 Å². The number of nitrogens with zero attached hydrogens (tertiary/aromatic N) is 6. The molecule has 0 aliphatic carbocycles. The lowest BCUT2D eigenvalue weighted by Crippen LogP contribution is -2.11. The zero-order chi connectivity index (χ0) is 98.1. The standard InChI is InChI=1S/C50H32N2O.C46H30N2O.C44H28N2O/c1-3-14-39-35(11-1)13-9-21-45(39)52(48-22-10-18-43-44-32-27-36-12-2-4-15-40(36)49(44)53-50(43)48)38-30-25-34(26-31-38)33-23-28-37(29-24-33)51-46-19-7-5-16-41(46)42-17-6-8-20-47(42)51;1-2-11-31(12-3-1)32-21-24-34(25-22-32)47(44-20-10-17-40-41-30-23-33-13-4-5-14-37(33)45(41)49-46(40)44)35-26-28-36(29-27-35)48-42-18-8-6-15-38(42)39-16-7-9-19-43(39)48;1-3-17-33-29(12-1)14-9-24-39(33)46(42-25-11-21-37-38-27-26-30-13-2-4-18-34(30)43(38)47-44(37)42)32-16-10-15-31(28-32)45-40-22-7-5-19-35(40)36-20-6-8-23-41(36)45/h1-32H;1-30H;1-28H. The van der Waals surface area contributed by atoms with Gasteiger partial charge in [0.25, 0.3) is 0 Å². The molecule has 31 aromatic rings. The minimum atomic E-state index is 0.868. The van der Waals surface area contributed by atoms with Gasteiger partial charge in [-0.1, -0.05) is 382 Å². The highest BCUT2D eigenvalue weighted by molar-refractivity contribution is 6.23. The normalized spacial score (nSPS) is 11.8. The first-order chi connectivity index (χ1) is 73.9. The number of fused-ring (bicyclic) bond motifs is 26. The summed E-state index contributed by atoms with van der Waals surface area (Å²) >= 11 is 0. The van der Waals surface area contributed by atoms with Crippen LogP contribution in [-0.2, 0) is 0 Å². The van der Waals surface area contributed by atoms with E-state index in [9.17, 15) is 0 Å². The number of hydrogen-bond acceptors (Lipinski definition) is 6. The Morgan fingerprint density at radius 2 is 0.362 bits per heavy atom. The van der Waals surface area contributed by atoms with Gasteiger partial charge in [-0.3, -0.25) is 0 Å². The molecule has 0 saturated heterocycles. The average molecular weight is 1900 g/mol. The Morgan fingerprint density at radius 1 is 0.128 bits per heavy atom. The van der Waals surface area contributed by atoms with E-state index in [1.165, 1.54) is 120 Å². The summed E-state index contributed by atoms with van der Waals surface area (Å²) in [6, 6.07) is 195. The molecule has 0 aliphatic heterocycles. The summed E-state index contributed by atoms with van der Waals surface area (Å²) in [5, 5.41) is 25.8. The molecule has 9 heteroatoms. The lowest BCUT2D eigenvalue weighted by molar-refractivity contribution is 0.672. The van der Waals surface area contributed by atoms with Crippen molar-refractivity contribution < 1.29 is 13.3 Å². The SMILES string of the molecule is c1cc(N(c2cccc3ccccc23)c2cccc3c2oc2c4ccccc4ccc32)cc(-n2c3ccccc3c3ccccc32)c1.c1ccc(-c2ccc(N(c3ccc(-n4c5ccccc5c5ccccc54)cc3)c3cccc4c3oc3c5ccccc5ccc43)cc2)cc1.c1ccc2c(N(c3ccc(-c4ccc(-n5c6ccccc6c6ccccc65)cc4)cc3)c3cccc4c3oc3c5ccccc5ccc43)cccc2c1. The number of hydrogen-bond donors (Lipinski definition) is 0. The van der Waals surface area contributed by atoms with Crippen molar-refractivity contribution in [2.45, 2.75) is 0 Å². The quantitative estimate of drug-likeness (QED) is 0.108. The average Bonchev–Trinajstić information content (AvgIpc) is 1.60. The number of anilines is 9. The smallest absolute Gasteiger partial charge is 0.159 e. The van der Waals surface area contributed by atoms with Crippen LogP contribution in [0.3, 0.4) is 0 Å². The minimum Gasteiger partial charge on any atom is -0.453 e. The van der Waals surface area contributed by atoms with Gasteiger partial charge in [-0.15, -0.1) is 0 Å². The predicted octanol–water partition coefficient (Wildman–Crippen LogP) is 39.6. The molecule has 149 heavy (non-hydrogen) atoms. The molecule has 0 N–H and O–H groups in total. The molecule has 0 saturated carbocycles. The Balaban J connectivity index is 0.000000105. The maximum atomic E-state index is 6.90. The summed E-state index contributed by atoms with van der Waals surface area (Å²) < 4.78 is 27.7. The van der Waals surface area contributed by atoms with Crippen molar-refractivity contribution in [1.29, 1.82) is 0 Å². The molecule has 0 aliphatic rings. The van der Waals surface area contributed by atoms with Crippen LogP contribution in [0.25, 0.3) is 224 Å². The third kappa shape index (κ3) is 14.4. The van der Waals surface area contributed by atoms with Crippen molar-refractivity contribution in [3.8, 4) is 39.3 Å². The first-order valence-electron chi connectivity index (χ1n) is 50.8. The van der Waals surface area contributed by atoms with Gasteiger partial charge in [0.15, 0.2) is 16.7 Å². The van der Waals surface area contributed by atoms with E-state index in [1.54, 1.807) is 0 Å². The van der Waals surface area contributed by atoms with Crippen LogP contribution >= 0.6 is 0 Å². The lowest BCUT2D eigenvalue weighted by Gasteiger charge is -2.27. The van der Waals surface area contributed by atoms with E-state index in [-0.39, 0.29) is 0 Å². The van der Waals surface area contributed by atoms with Gasteiger partial charge < -0.3 is 41.7 Å². The Labute approximate surface area is 857 Å². The number of furan rings is 3. The van der Waals surface area contributed by atoms with Crippen molar-refractivity contribution >= 4 is 236 Å². The zero-order valence-electron chi connectivity index (χ0n) is 80.9. The molecule has 698 valence electrons. The van der Waals surface area contributed by atoms with Gasteiger partial charge >= 0.3 is 0 Å². The monoisotopic (exact) mass is 1900 g/mol. The second kappa shape index (κ2) is 35.5. The van der Waals surface area contributed by atoms with E-state index < -0.39 is 0 Å². The van der Waals surface area contributed by atoms with Crippen molar-refractivity contribution in [1.82, 2.24) is 13.7 Å². The van der Waals surface area contributed by atoms with Gasteiger partial charge in [0.1, 0.15) is 16.7 Å². The number of aromatic nitrogens is 3. The molecule has 31 rings (SSSR count). The molecule has 0 atom stereocenters. The third-order valence-corrected chi connectivity index (χ3v) is 30.1. The Kier molecular flexibility index (Phi) is 20.5. The van der Waals surface area contributed by atoms with Gasteiger partial charge in [0.2, 0.25) is 0 Å². The molecule has 9 nitrogen and oxygen atoms in total. The number of rotatable bonds is 14. The first-order valence-corrected chi connectivity index (χ1v) is 50.8. The van der Waals surface area contributed by atoms with Crippen LogP contribution in [0.15, 0.2) is 559 Å². The molecule has 6 aromatic heterocycles. The Bertz CT molecular complexity index is 10600. The fraction of sp³-hybridized carbons (Fsp3) is 0. The van der Waals surface area contributed by atoms with Crippen LogP contribution in [0, 0.1) is 0 Å². The fourth-order valence-electron chi connectivity index (χ4n) is 23.3. The summed E-state index contributed by atoms with van der Waals surface area (Å²) in [5.74, 6) is 0.